The Morgan fingerprint density at radius 3 is 1.95 bits per heavy atom. The lowest BCUT2D eigenvalue weighted by atomic mass is 9.83. The van der Waals surface area contributed by atoms with Crippen molar-refractivity contribution in [3.63, 3.8) is 0 Å². The number of rotatable bonds is 7. The molecule has 110 valence electrons. The van der Waals surface area contributed by atoms with Gasteiger partial charge in [0.15, 0.2) is 0 Å². The first-order chi connectivity index (χ1) is 8.77. The van der Waals surface area contributed by atoms with Crippen LogP contribution < -0.4 is 0 Å². The largest absolute Gasteiger partial charge is 0.392 e. The molecule has 0 unspecified atom stereocenters. The van der Waals surface area contributed by atoms with Gasteiger partial charge in [0.2, 0.25) is 0 Å². The minimum absolute atomic E-state index is 0.149. The van der Waals surface area contributed by atoms with Crippen molar-refractivity contribution < 1.29 is 5.11 Å². The second-order valence-corrected chi connectivity index (χ2v) is 6.57. The lowest BCUT2D eigenvalue weighted by Crippen LogP contribution is -2.10. The molecule has 0 aromatic rings. The second-order valence-electron chi connectivity index (χ2n) is 6.57. The molecule has 0 aliphatic rings. The monoisotopic (exact) mass is 264 g/mol. The van der Waals surface area contributed by atoms with Crippen molar-refractivity contribution in [3.05, 3.63) is 34.9 Å². The maximum Gasteiger partial charge on any atom is 0.0615 e. The van der Waals surface area contributed by atoms with Crippen molar-refractivity contribution in [2.24, 2.45) is 5.41 Å². The van der Waals surface area contributed by atoms with E-state index in [2.05, 4.69) is 53.7 Å². The van der Waals surface area contributed by atoms with Gasteiger partial charge in [-0.2, -0.15) is 0 Å². The predicted molar refractivity (Wildman–Crippen MR) is 86.3 cm³/mol. The molecule has 0 bridgehead atoms. The van der Waals surface area contributed by atoms with Gasteiger partial charge in [-0.1, -0.05) is 55.7 Å². The van der Waals surface area contributed by atoms with Crippen molar-refractivity contribution >= 4 is 0 Å². The summed E-state index contributed by atoms with van der Waals surface area (Å²) in [6.07, 6.45) is 11.0. The lowest BCUT2D eigenvalue weighted by molar-refractivity contribution is 0.337. The Kier molecular flexibility index (Phi) is 8.75. The number of hydrogen-bond donors (Lipinski definition) is 1. The summed E-state index contributed by atoms with van der Waals surface area (Å²) in [4.78, 5) is 0. The Labute approximate surface area is 120 Å². The summed E-state index contributed by atoms with van der Waals surface area (Å²) in [5, 5.41) is 9.08. The van der Waals surface area contributed by atoms with Crippen LogP contribution in [0.4, 0.5) is 0 Å². The molecule has 0 aliphatic carbocycles. The third-order valence-corrected chi connectivity index (χ3v) is 3.30. The number of hydrogen-bond acceptors (Lipinski definition) is 1. The molecule has 1 heteroatoms. The number of aliphatic hydroxyl groups excluding tert-OH is 1. The highest BCUT2D eigenvalue weighted by Crippen LogP contribution is 2.29. The van der Waals surface area contributed by atoms with E-state index >= 15 is 0 Å². The maximum absolute atomic E-state index is 9.08. The Bertz CT molecular complexity index is 333. The van der Waals surface area contributed by atoms with E-state index < -0.39 is 0 Å². The first-order valence-electron chi connectivity index (χ1n) is 7.36. The minimum atomic E-state index is 0.149. The highest BCUT2D eigenvalue weighted by atomic mass is 16.2. The summed E-state index contributed by atoms with van der Waals surface area (Å²) >= 11 is 0. The van der Waals surface area contributed by atoms with Crippen molar-refractivity contribution in [3.8, 4) is 0 Å². The zero-order chi connectivity index (χ0) is 14.9. The molecule has 0 aromatic carbocycles. The topological polar surface area (TPSA) is 20.2 Å². The van der Waals surface area contributed by atoms with Crippen molar-refractivity contribution in [1.29, 1.82) is 0 Å². The van der Waals surface area contributed by atoms with Gasteiger partial charge in [-0.15, -0.1) is 0 Å². The van der Waals surface area contributed by atoms with Gasteiger partial charge in [0.1, 0.15) is 0 Å². The molecule has 0 heterocycles. The number of allylic oxidation sites excluding steroid dienone is 5. The highest BCUT2D eigenvalue weighted by molar-refractivity contribution is 5.13. The van der Waals surface area contributed by atoms with E-state index in [1.165, 1.54) is 16.7 Å². The molecule has 0 saturated heterocycles. The van der Waals surface area contributed by atoms with Gasteiger partial charge in [0, 0.05) is 0 Å². The first-order valence-corrected chi connectivity index (χ1v) is 7.36. The van der Waals surface area contributed by atoms with E-state index in [0.717, 1.165) is 25.7 Å². The van der Waals surface area contributed by atoms with Gasteiger partial charge in [-0.3, -0.25) is 0 Å². The molecule has 0 atom stereocenters. The molecular formula is C18H32O. The van der Waals surface area contributed by atoms with Crippen LogP contribution in [0.15, 0.2) is 34.9 Å². The van der Waals surface area contributed by atoms with Crippen LogP contribution in [0.1, 0.15) is 67.2 Å². The minimum Gasteiger partial charge on any atom is -0.392 e. The Hall–Kier alpha value is -0.820. The summed E-state index contributed by atoms with van der Waals surface area (Å²) < 4.78 is 0. The molecular weight excluding hydrogens is 232 g/mol. The van der Waals surface area contributed by atoms with Crippen LogP contribution in [0, 0.1) is 5.41 Å². The molecule has 0 fully saturated rings. The van der Waals surface area contributed by atoms with Gasteiger partial charge in [-0.25, -0.2) is 0 Å². The summed E-state index contributed by atoms with van der Waals surface area (Å²) in [6, 6.07) is 0. The van der Waals surface area contributed by atoms with Crippen molar-refractivity contribution in [2.75, 3.05) is 6.61 Å². The summed E-state index contributed by atoms with van der Waals surface area (Å²) in [5.74, 6) is 0. The van der Waals surface area contributed by atoms with Crippen LogP contribution in [-0.2, 0) is 0 Å². The zero-order valence-electron chi connectivity index (χ0n) is 13.7. The van der Waals surface area contributed by atoms with Crippen LogP contribution in [0.5, 0.6) is 0 Å². The summed E-state index contributed by atoms with van der Waals surface area (Å²) in [6.45, 7) is 13.3. The fourth-order valence-electron chi connectivity index (χ4n) is 2.06. The highest BCUT2D eigenvalue weighted by Gasteiger charge is 2.15. The van der Waals surface area contributed by atoms with E-state index in [1.807, 2.05) is 6.08 Å². The van der Waals surface area contributed by atoms with Crippen LogP contribution >= 0.6 is 0 Å². The van der Waals surface area contributed by atoms with E-state index in [0.29, 0.717) is 0 Å². The average molecular weight is 264 g/mol. The fourth-order valence-corrected chi connectivity index (χ4v) is 2.06. The third kappa shape index (κ3) is 9.72. The zero-order valence-corrected chi connectivity index (χ0v) is 13.7. The predicted octanol–water partition coefficient (Wildman–Crippen LogP) is 5.42. The van der Waals surface area contributed by atoms with E-state index in [1.54, 1.807) is 0 Å². The van der Waals surface area contributed by atoms with Crippen LogP contribution in [-0.4, -0.2) is 11.7 Å². The summed E-state index contributed by atoms with van der Waals surface area (Å²) in [5.41, 5.74) is 4.37. The normalized spacial score (nSPS) is 13.6. The molecule has 0 saturated carbocycles. The van der Waals surface area contributed by atoms with Crippen LogP contribution in [0.2, 0.25) is 0 Å². The molecule has 0 aliphatic heterocycles. The smallest absolute Gasteiger partial charge is 0.0615 e. The van der Waals surface area contributed by atoms with Crippen molar-refractivity contribution in [2.45, 2.75) is 67.2 Å². The summed E-state index contributed by atoms with van der Waals surface area (Å²) in [7, 11) is 0. The fraction of sp³-hybridized carbons (Fsp3) is 0.667. The molecule has 1 N–H and O–H groups in total. The number of aliphatic hydroxyl groups is 1. The van der Waals surface area contributed by atoms with Crippen molar-refractivity contribution in [1.82, 2.24) is 0 Å². The first kappa shape index (κ1) is 18.2. The molecule has 0 amide bonds. The van der Waals surface area contributed by atoms with Gasteiger partial charge >= 0.3 is 0 Å². The van der Waals surface area contributed by atoms with E-state index in [-0.39, 0.29) is 12.0 Å². The maximum atomic E-state index is 9.08. The van der Waals surface area contributed by atoms with Gasteiger partial charge < -0.3 is 5.11 Å². The Balaban J connectivity index is 4.25. The molecule has 0 aromatic heterocycles. The Morgan fingerprint density at radius 2 is 1.47 bits per heavy atom. The SMILES string of the molecule is CC(C)=CCCC(C)=CCCC(=CCO)C(C)(C)C. The second kappa shape index (κ2) is 9.14. The molecule has 19 heavy (non-hydrogen) atoms. The standard InChI is InChI=1S/C18H32O/c1-15(2)9-7-10-16(3)11-8-12-17(13-14-19)18(4,5)6/h9,11,13,19H,7-8,10,12,14H2,1-6H3. The van der Waals surface area contributed by atoms with Gasteiger partial charge in [0.05, 0.1) is 6.61 Å². The average Bonchev–Trinajstić information content (AvgIpc) is 2.26. The third-order valence-electron chi connectivity index (χ3n) is 3.30. The molecule has 0 rings (SSSR count). The Morgan fingerprint density at radius 1 is 0.895 bits per heavy atom. The van der Waals surface area contributed by atoms with Gasteiger partial charge in [0.25, 0.3) is 0 Å². The molecule has 0 radical (unpaired) electrons. The van der Waals surface area contributed by atoms with Crippen LogP contribution in [0.25, 0.3) is 0 Å². The van der Waals surface area contributed by atoms with Crippen LogP contribution in [0.3, 0.4) is 0 Å². The van der Waals surface area contributed by atoms with Gasteiger partial charge in [-0.05, 0) is 51.9 Å². The van der Waals surface area contributed by atoms with E-state index in [4.69, 9.17) is 5.11 Å². The quantitative estimate of drug-likeness (QED) is 0.608. The lowest BCUT2D eigenvalue weighted by Gasteiger charge is -2.22. The van der Waals surface area contributed by atoms with E-state index in [9.17, 15) is 0 Å². The molecule has 1 nitrogen and oxygen atoms in total. The molecule has 0 spiro atoms.